The highest BCUT2D eigenvalue weighted by molar-refractivity contribution is 7.80. The maximum atomic E-state index is 13.3. The first kappa shape index (κ1) is 15.4. The first-order chi connectivity index (χ1) is 10.1. The molecule has 21 heavy (non-hydrogen) atoms. The topological polar surface area (TPSA) is 38.0 Å². The highest BCUT2D eigenvalue weighted by atomic mass is 32.1. The van der Waals surface area contributed by atoms with Crippen LogP contribution in [0.25, 0.3) is 0 Å². The summed E-state index contributed by atoms with van der Waals surface area (Å²) in [6, 6.07) is 15.0. The number of halogens is 1. The van der Waals surface area contributed by atoms with Crippen LogP contribution in [0.2, 0.25) is 0 Å². The van der Waals surface area contributed by atoms with Crippen LogP contribution in [0.4, 0.5) is 10.1 Å². The molecule has 1 atom stereocenters. The summed E-state index contributed by atoms with van der Waals surface area (Å²) in [5, 5.41) is 3.36. The predicted molar refractivity (Wildman–Crippen MR) is 90.1 cm³/mol. The van der Waals surface area contributed by atoms with Gasteiger partial charge in [0.05, 0.1) is 0 Å². The molecule has 0 bridgehead atoms. The Labute approximate surface area is 130 Å². The van der Waals surface area contributed by atoms with E-state index in [9.17, 15) is 4.39 Å². The molecule has 0 aliphatic carbocycles. The minimum atomic E-state index is -0.333. The molecule has 0 radical (unpaired) electrons. The summed E-state index contributed by atoms with van der Waals surface area (Å²) >= 11 is 4.97. The summed E-state index contributed by atoms with van der Waals surface area (Å²) < 4.78 is 13.3. The van der Waals surface area contributed by atoms with Crippen LogP contribution >= 0.6 is 12.2 Å². The molecule has 2 rings (SSSR count). The molecule has 2 aromatic rings. The fraction of sp³-hybridized carbons (Fsp3) is 0.235. The molecule has 0 fully saturated rings. The lowest BCUT2D eigenvalue weighted by atomic mass is 10.1. The third-order valence-corrected chi connectivity index (χ3v) is 3.58. The molecule has 0 amide bonds. The van der Waals surface area contributed by atoms with E-state index in [2.05, 4.69) is 24.4 Å². The Hall–Kier alpha value is -1.94. The Morgan fingerprint density at radius 3 is 2.62 bits per heavy atom. The van der Waals surface area contributed by atoms with Crippen LogP contribution in [0.15, 0.2) is 48.5 Å². The van der Waals surface area contributed by atoms with E-state index in [-0.39, 0.29) is 16.8 Å². The van der Waals surface area contributed by atoms with Crippen LogP contribution in [0.1, 0.15) is 24.5 Å². The van der Waals surface area contributed by atoms with Crippen molar-refractivity contribution < 1.29 is 4.39 Å². The fourth-order valence-corrected chi connectivity index (χ4v) is 2.38. The van der Waals surface area contributed by atoms with E-state index in [0.717, 1.165) is 18.5 Å². The Bertz CT molecular complexity index is 613. The van der Waals surface area contributed by atoms with Gasteiger partial charge in [-0.1, -0.05) is 42.5 Å². The molecule has 0 spiro atoms. The second-order valence-corrected chi connectivity index (χ2v) is 5.56. The lowest BCUT2D eigenvalue weighted by Crippen LogP contribution is -2.20. The zero-order chi connectivity index (χ0) is 15.2. The zero-order valence-corrected chi connectivity index (χ0v) is 12.8. The van der Waals surface area contributed by atoms with E-state index < -0.39 is 0 Å². The molecule has 2 aromatic carbocycles. The highest BCUT2D eigenvalue weighted by Crippen LogP contribution is 2.19. The van der Waals surface area contributed by atoms with Crippen molar-refractivity contribution in [3.8, 4) is 0 Å². The van der Waals surface area contributed by atoms with Gasteiger partial charge in [-0.3, -0.25) is 0 Å². The zero-order valence-electron chi connectivity index (χ0n) is 12.0. The van der Waals surface area contributed by atoms with Crippen molar-refractivity contribution in [3.63, 3.8) is 0 Å². The van der Waals surface area contributed by atoms with Crippen molar-refractivity contribution in [1.29, 1.82) is 0 Å². The van der Waals surface area contributed by atoms with E-state index >= 15 is 0 Å². The van der Waals surface area contributed by atoms with E-state index in [1.54, 1.807) is 6.07 Å². The van der Waals surface area contributed by atoms with Crippen LogP contribution < -0.4 is 11.1 Å². The predicted octanol–water partition coefficient (Wildman–Crippen LogP) is 3.89. The van der Waals surface area contributed by atoms with Gasteiger partial charge in [0.2, 0.25) is 0 Å². The standard InChI is InChI=1S/C17H19FN2S/c1-12(7-8-13-5-3-2-4-6-13)20-16-10-9-14(18)11-15(16)17(19)21/h2-6,9-12,20H,7-8H2,1H3,(H2,19,21). The first-order valence-electron chi connectivity index (χ1n) is 6.96. The largest absolute Gasteiger partial charge is 0.389 e. The summed E-state index contributed by atoms with van der Waals surface area (Å²) in [4.78, 5) is 0.201. The van der Waals surface area contributed by atoms with Gasteiger partial charge in [-0.15, -0.1) is 0 Å². The molecular weight excluding hydrogens is 283 g/mol. The van der Waals surface area contributed by atoms with Crippen molar-refractivity contribution in [3.05, 3.63) is 65.5 Å². The third kappa shape index (κ3) is 4.53. The molecule has 0 saturated heterocycles. The Kier molecular flexibility index (Phi) is 5.28. The van der Waals surface area contributed by atoms with Crippen LogP contribution in [-0.4, -0.2) is 11.0 Å². The van der Waals surface area contributed by atoms with Gasteiger partial charge in [0.1, 0.15) is 10.8 Å². The first-order valence-corrected chi connectivity index (χ1v) is 7.37. The van der Waals surface area contributed by atoms with Crippen LogP contribution in [0.5, 0.6) is 0 Å². The molecule has 1 unspecified atom stereocenters. The minimum Gasteiger partial charge on any atom is -0.389 e. The minimum absolute atomic E-state index is 0.201. The van der Waals surface area contributed by atoms with E-state index in [1.807, 2.05) is 18.2 Å². The number of hydrogen-bond donors (Lipinski definition) is 2. The average Bonchev–Trinajstić information content (AvgIpc) is 2.48. The number of aryl methyl sites for hydroxylation is 1. The third-order valence-electron chi connectivity index (χ3n) is 3.36. The van der Waals surface area contributed by atoms with Gasteiger partial charge >= 0.3 is 0 Å². The maximum absolute atomic E-state index is 13.3. The molecule has 4 heteroatoms. The smallest absolute Gasteiger partial charge is 0.124 e. The summed E-state index contributed by atoms with van der Waals surface area (Å²) in [6.07, 6.45) is 1.96. The number of benzene rings is 2. The molecule has 0 aromatic heterocycles. The monoisotopic (exact) mass is 302 g/mol. The molecule has 3 N–H and O–H groups in total. The summed E-state index contributed by atoms with van der Waals surface area (Å²) in [5.74, 6) is -0.333. The van der Waals surface area contributed by atoms with Crippen molar-refractivity contribution in [2.75, 3.05) is 5.32 Å². The van der Waals surface area contributed by atoms with Gasteiger partial charge in [0.15, 0.2) is 0 Å². The molecular formula is C17H19FN2S. The number of anilines is 1. The normalized spacial score (nSPS) is 11.9. The van der Waals surface area contributed by atoms with Crippen LogP contribution in [-0.2, 0) is 6.42 Å². The van der Waals surface area contributed by atoms with Crippen molar-refractivity contribution in [2.45, 2.75) is 25.8 Å². The van der Waals surface area contributed by atoms with Crippen molar-refractivity contribution >= 4 is 22.9 Å². The SMILES string of the molecule is CC(CCc1ccccc1)Nc1ccc(F)cc1C(N)=S. The molecule has 2 nitrogen and oxygen atoms in total. The second kappa shape index (κ2) is 7.18. The fourth-order valence-electron chi connectivity index (χ4n) is 2.21. The van der Waals surface area contributed by atoms with Gasteiger partial charge in [0.25, 0.3) is 0 Å². The Morgan fingerprint density at radius 1 is 1.24 bits per heavy atom. The number of thiocarbonyl (C=S) groups is 1. The van der Waals surface area contributed by atoms with Gasteiger partial charge < -0.3 is 11.1 Å². The second-order valence-electron chi connectivity index (χ2n) is 5.12. The van der Waals surface area contributed by atoms with E-state index in [1.165, 1.54) is 17.7 Å². The highest BCUT2D eigenvalue weighted by Gasteiger charge is 2.10. The van der Waals surface area contributed by atoms with E-state index in [4.69, 9.17) is 18.0 Å². The Morgan fingerprint density at radius 2 is 1.95 bits per heavy atom. The quantitative estimate of drug-likeness (QED) is 0.795. The summed E-state index contributed by atoms with van der Waals surface area (Å²) in [6.45, 7) is 2.09. The molecule has 0 aliphatic rings. The van der Waals surface area contributed by atoms with Crippen LogP contribution in [0.3, 0.4) is 0 Å². The van der Waals surface area contributed by atoms with Crippen LogP contribution in [0, 0.1) is 5.82 Å². The lowest BCUT2D eigenvalue weighted by molar-refractivity contribution is 0.627. The summed E-state index contributed by atoms with van der Waals surface area (Å²) in [7, 11) is 0. The van der Waals surface area contributed by atoms with Crippen molar-refractivity contribution in [2.24, 2.45) is 5.73 Å². The maximum Gasteiger partial charge on any atom is 0.124 e. The molecule has 0 aliphatic heterocycles. The average molecular weight is 302 g/mol. The van der Waals surface area contributed by atoms with Gasteiger partial charge in [-0.25, -0.2) is 4.39 Å². The molecule has 0 heterocycles. The molecule has 110 valence electrons. The van der Waals surface area contributed by atoms with Gasteiger partial charge in [0, 0.05) is 17.3 Å². The lowest BCUT2D eigenvalue weighted by Gasteiger charge is -2.18. The number of nitrogens with one attached hydrogen (secondary N) is 1. The number of hydrogen-bond acceptors (Lipinski definition) is 2. The summed E-state index contributed by atoms with van der Waals surface area (Å²) in [5.41, 5.74) is 8.29. The van der Waals surface area contributed by atoms with E-state index in [0.29, 0.717) is 5.56 Å². The molecule has 0 saturated carbocycles. The van der Waals surface area contributed by atoms with Crippen molar-refractivity contribution in [1.82, 2.24) is 0 Å². The van der Waals surface area contributed by atoms with Gasteiger partial charge in [-0.2, -0.15) is 0 Å². The number of nitrogens with two attached hydrogens (primary N) is 1. The Balaban J connectivity index is 1.99. The number of rotatable bonds is 6. The van der Waals surface area contributed by atoms with Gasteiger partial charge in [-0.05, 0) is 43.5 Å².